The second kappa shape index (κ2) is 6.98. The first-order valence-electron chi connectivity index (χ1n) is 9.22. The lowest BCUT2D eigenvalue weighted by atomic mass is 9.66. The quantitative estimate of drug-likeness (QED) is 0.649. The molecule has 2 fully saturated rings. The summed E-state index contributed by atoms with van der Waals surface area (Å²) in [5.74, 6) is 4.26. The van der Waals surface area contributed by atoms with Gasteiger partial charge < -0.3 is 0 Å². The summed E-state index contributed by atoms with van der Waals surface area (Å²) in [6, 6.07) is 9.88. The number of benzene rings is 1. The third kappa shape index (κ3) is 3.62. The number of hydrogen-bond acceptors (Lipinski definition) is 1. The van der Waals surface area contributed by atoms with E-state index in [1.54, 1.807) is 0 Å². The standard InChI is InChI=1S/C21H30O/c1-15-12-16(2)14-20(13-15)17-8-10-19(11-9-17)21(22)18-6-4-3-5-7-18/h3-7,15-17,19-20H,8-14H2,1-2H3. The lowest BCUT2D eigenvalue weighted by Gasteiger charge is -2.39. The molecule has 1 heteroatoms. The van der Waals surface area contributed by atoms with Gasteiger partial charge in [0.1, 0.15) is 0 Å². The molecule has 0 heterocycles. The highest BCUT2D eigenvalue weighted by atomic mass is 16.1. The Morgan fingerprint density at radius 2 is 1.41 bits per heavy atom. The van der Waals surface area contributed by atoms with E-state index in [9.17, 15) is 4.79 Å². The summed E-state index contributed by atoms with van der Waals surface area (Å²) in [5.41, 5.74) is 0.908. The van der Waals surface area contributed by atoms with Crippen LogP contribution in [0.3, 0.4) is 0 Å². The van der Waals surface area contributed by atoms with Crippen LogP contribution >= 0.6 is 0 Å². The predicted molar refractivity (Wildman–Crippen MR) is 91.9 cm³/mol. The van der Waals surface area contributed by atoms with Crippen LogP contribution in [0.25, 0.3) is 0 Å². The van der Waals surface area contributed by atoms with E-state index in [-0.39, 0.29) is 5.92 Å². The van der Waals surface area contributed by atoms with Gasteiger partial charge in [0.25, 0.3) is 0 Å². The molecule has 22 heavy (non-hydrogen) atoms. The highest BCUT2D eigenvalue weighted by Crippen LogP contribution is 2.43. The summed E-state index contributed by atoms with van der Waals surface area (Å²) in [7, 11) is 0. The van der Waals surface area contributed by atoms with E-state index < -0.39 is 0 Å². The molecule has 0 bridgehead atoms. The number of ketones is 1. The summed E-state index contributed by atoms with van der Waals surface area (Å²) in [4.78, 5) is 12.6. The average Bonchev–Trinajstić information content (AvgIpc) is 2.54. The molecule has 0 radical (unpaired) electrons. The summed E-state index contributed by atoms with van der Waals surface area (Å²) < 4.78 is 0. The van der Waals surface area contributed by atoms with Gasteiger partial charge in [-0.05, 0) is 68.6 Å². The van der Waals surface area contributed by atoms with Gasteiger partial charge in [-0.1, -0.05) is 44.2 Å². The van der Waals surface area contributed by atoms with E-state index in [0.29, 0.717) is 5.78 Å². The third-order valence-corrected chi connectivity index (χ3v) is 6.08. The fraction of sp³-hybridized carbons (Fsp3) is 0.667. The van der Waals surface area contributed by atoms with E-state index in [2.05, 4.69) is 13.8 Å². The maximum atomic E-state index is 12.6. The molecule has 1 nitrogen and oxygen atoms in total. The Morgan fingerprint density at radius 3 is 2.00 bits per heavy atom. The maximum absolute atomic E-state index is 12.6. The second-order valence-electron chi connectivity index (χ2n) is 8.02. The van der Waals surface area contributed by atoms with Gasteiger partial charge in [-0.25, -0.2) is 0 Å². The molecule has 3 rings (SSSR count). The van der Waals surface area contributed by atoms with E-state index in [4.69, 9.17) is 0 Å². The van der Waals surface area contributed by atoms with Crippen molar-refractivity contribution in [3.05, 3.63) is 35.9 Å². The molecule has 0 aromatic heterocycles. The number of carbonyl (C=O) groups is 1. The Balaban J connectivity index is 1.55. The molecule has 0 N–H and O–H groups in total. The minimum absolute atomic E-state index is 0.275. The number of Topliss-reactive ketones (excluding diaryl/α,β-unsaturated/α-hetero) is 1. The van der Waals surface area contributed by atoms with Crippen LogP contribution in [0.4, 0.5) is 0 Å². The minimum Gasteiger partial charge on any atom is -0.294 e. The molecule has 0 spiro atoms. The van der Waals surface area contributed by atoms with Crippen molar-refractivity contribution in [2.45, 2.75) is 58.8 Å². The van der Waals surface area contributed by atoms with Crippen molar-refractivity contribution in [2.24, 2.45) is 29.6 Å². The van der Waals surface area contributed by atoms with Crippen molar-refractivity contribution in [1.82, 2.24) is 0 Å². The van der Waals surface area contributed by atoms with Gasteiger partial charge in [-0.3, -0.25) is 4.79 Å². The molecule has 2 aliphatic carbocycles. The molecule has 2 aliphatic rings. The van der Waals surface area contributed by atoms with Crippen molar-refractivity contribution in [1.29, 1.82) is 0 Å². The van der Waals surface area contributed by atoms with Crippen LogP contribution in [-0.2, 0) is 0 Å². The first-order chi connectivity index (χ1) is 10.6. The van der Waals surface area contributed by atoms with E-state index >= 15 is 0 Å². The van der Waals surface area contributed by atoms with Crippen LogP contribution < -0.4 is 0 Å². The van der Waals surface area contributed by atoms with Gasteiger partial charge in [0.2, 0.25) is 0 Å². The smallest absolute Gasteiger partial charge is 0.165 e. The monoisotopic (exact) mass is 298 g/mol. The Kier molecular flexibility index (Phi) is 5.00. The van der Waals surface area contributed by atoms with E-state index in [0.717, 1.165) is 42.1 Å². The van der Waals surface area contributed by atoms with Crippen LogP contribution in [-0.4, -0.2) is 5.78 Å². The molecule has 0 aliphatic heterocycles. The molecule has 1 aromatic carbocycles. The number of carbonyl (C=O) groups excluding carboxylic acids is 1. The predicted octanol–water partition coefficient (Wildman–Crippen LogP) is 5.75. The van der Waals surface area contributed by atoms with Crippen LogP contribution in [0, 0.1) is 29.6 Å². The Hall–Kier alpha value is -1.11. The molecule has 2 unspecified atom stereocenters. The van der Waals surface area contributed by atoms with Crippen molar-refractivity contribution >= 4 is 5.78 Å². The van der Waals surface area contributed by atoms with Crippen molar-refractivity contribution < 1.29 is 4.79 Å². The molecular formula is C21H30O. The van der Waals surface area contributed by atoms with E-state index in [1.165, 1.54) is 32.1 Å². The largest absolute Gasteiger partial charge is 0.294 e. The van der Waals surface area contributed by atoms with Gasteiger partial charge in [-0.15, -0.1) is 0 Å². The summed E-state index contributed by atoms with van der Waals surface area (Å²) in [5, 5.41) is 0. The number of hydrogen-bond donors (Lipinski definition) is 0. The second-order valence-corrected chi connectivity index (χ2v) is 8.02. The highest BCUT2D eigenvalue weighted by molar-refractivity contribution is 5.97. The van der Waals surface area contributed by atoms with Crippen LogP contribution in [0.2, 0.25) is 0 Å². The van der Waals surface area contributed by atoms with Crippen LogP contribution in [0.1, 0.15) is 69.2 Å². The van der Waals surface area contributed by atoms with Gasteiger partial charge in [0, 0.05) is 11.5 Å². The lowest BCUT2D eigenvalue weighted by molar-refractivity contribution is 0.0801. The Bertz CT molecular complexity index is 474. The first-order valence-corrected chi connectivity index (χ1v) is 9.22. The topological polar surface area (TPSA) is 17.1 Å². The normalized spacial score (nSPS) is 36.0. The highest BCUT2D eigenvalue weighted by Gasteiger charge is 2.34. The van der Waals surface area contributed by atoms with Gasteiger partial charge >= 0.3 is 0 Å². The Morgan fingerprint density at radius 1 is 0.818 bits per heavy atom. The fourth-order valence-corrected chi connectivity index (χ4v) is 5.09. The zero-order valence-electron chi connectivity index (χ0n) is 14.1. The Labute approximate surface area is 135 Å². The third-order valence-electron chi connectivity index (χ3n) is 6.08. The minimum atomic E-state index is 0.275. The molecule has 0 amide bonds. The zero-order valence-corrected chi connectivity index (χ0v) is 14.1. The van der Waals surface area contributed by atoms with Crippen LogP contribution in [0.5, 0.6) is 0 Å². The average molecular weight is 298 g/mol. The van der Waals surface area contributed by atoms with Gasteiger partial charge in [-0.2, -0.15) is 0 Å². The van der Waals surface area contributed by atoms with Gasteiger partial charge in [0.15, 0.2) is 5.78 Å². The number of rotatable bonds is 3. The molecule has 2 saturated carbocycles. The van der Waals surface area contributed by atoms with Crippen molar-refractivity contribution in [3.8, 4) is 0 Å². The summed E-state index contributed by atoms with van der Waals surface area (Å²) >= 11 is 0. The SMILES string of the molecule is CC1CC(C)CC(C2CCC(C(=O)c3ccccc3)CC2)C1. The zero-order chi connectivity index (χ0) is 15.5. The maximum Gasteiger partial charge on any atom is 0.165 e. The van der Waals surface area contributed by atoms with Gasteiger partial charge in [0.05, 0.1) is 0 Å². The van der Waals surface area contributed by atoms with Crippen LogP contribution in [0.15, 0.2) is 30.3 Å². The molecule has 120 valence electrons. The summed E-state index contributed by atoms with van der Waals surface area (Å²) in [6.45, 7) is 4.85. The first kappa shape index (κ1) is 15.8. The molecule has 2 atom stereocenters. The molecular weight excluding hydrogens is 268 g/mol. The molecule has 1 aromatic rings. The van der Waals surface area contributed by atoms with E-state index in [1.807, 2.05) is 30.3 Å². The lowest BCUT2D eigenvalue weighted by Crippen LogP contribution is -2.30. The molecule has 0 saturated heterocycles. The van der Waals surface area contributed by atoms with Crippen molar-refractivity contribution in [2.75, 3.05) is 0 Å². The van der Waals surface area contributed by atoms with Crippen molar-refractivity contribution in [3.63, 3.8) is 0 Å². The fourth-order valence-electron chi connectivity index (χ4n) is 5.09. The summed E-state index contributed by atoms with van der Waals surface area (Å²) in [6.07, 6.45) is 9.02.